The van der Waals surface area contributed by atoms with Crippen LogP contribution < -0.4 is 5.32 Å². The lowest BCUT2D eigenvalue weighted by Crippen LogP contribution is -2.25. The Bertz CT molecular complexity index is 1020. The lowest BCUT2D eigenvalue weighted by atomic mass is 10.2. The summed E-state index contributed by atoms with van der Waals surface area (Å²) in [7, 11) is 0. The molecule has 0 radical (unpaired) electrons. The molecule has 0 fully saturated rings. The van der Waals surface area contributed by atoms with E-state index in [1.165, 1.54) is 0 Å². The summed E-state index contributed by atoms with van der Waals surface area (Å²) in [6.07, 6.45) is 1.59. The Morgan fingerprint density at radius 2 is 2.12 bits per heavy atom. The molecule has 0 bridgehead atoms. The molecule has 0 spiro atoms. The predicted octanol–water partition coefficient (Wildman–Crippen LogP) is 4.43. The van der Waals surface area contributed by atoms with Crippen molar-refractivity contribution in [3.8, 4) is 16.3 Å². The maximum Gasteiger partial charge on any atom is 0.270 e. The normalized spacial score (nSPS) is 10.8. The molecule has 26 heavy (non-hydrogen) atoms. The first-order valence-electron chi connectivity index (χ1n) is 8.22. The number of hydrogen-bond acceptors (Lipinski definition) is 4. The largest absolute Gasteiger partial charge is 0.467 e. The highest BCUT2D eigenvalue weighted by molar-refractivity contribution is 7.13. The van der Waals surface area contributed by atoms with Crippen molar-refractivity contribution < 1.29 is 9.21 Å². The SMILES string of the molecule is Cc1cccc(-n2nc(-c3cccs3)cc2C(=O)NCc2ccco2)c1. The van der Waals surface area contributed by atoms with Crippen molar-refractivity contribution in [1.29, 1.82) is 0 Å². The van der Waals surface area contributed by atoms with Crippen molar-refractivity contribution in [1.82, 2.24) is 15.1 Å². The molecule has 1 aromatic carbocycles. The van der Waals surface area contributed by atoms with Crippen LogP contribution in [0.4, 0.5) is 0 Å². The number of aryl methyl sites for hydroxylation is 1. The second-order valence-electron chi connectivity index (χ2n) is 5.90. The summed E-state index contributed by atoms with van der Waals surface area (Å²) >= 11 is 1.60. The molecule has 3 aromatic heterocycles. The molecule has 0 atom stereocenters. The van der Waals surface area contributed by atoms with Crippen LogP contribution in [-0.2, 0) is 6.54 Å². The van der Waals surface area contributed by atoms with Crippen molar-refractivity contribution in [2.75, 3.05) is 0 Å². The topological polar surface area (TPSA) is 60.1 Å². The number of thiophene rings is 1. The molecule has 1 amide bonds. The minimum Gasteiger partial charge on any atom is -0.467 e. The fourth-order valence-electron chi connectivity index (χ4n) is 2.72. The third kappa shape index (κ3) is 3.32. The van der Waals surface area contributed by atoms with Gasteiger partial charge in [-0.2, -0.15) is 5.10 Å². The standard InChI is InChI=1S/C20H17N3O2S/c1-14-5-2-6-15(11-14)23-18(12-17(22-23)19-8-4-10-26-19)20(24)21-13-16-7-3-9-25-16/h2-12H,13H2,1H3,(H,21,24). The van der Waals surface area contributed by atoms with Crippen molar-refractivity contribution >= 4 is 17.2 Å². The molecule has 0 saturated heterocycles. The van der Waals surface area contributed by atoms with Crippen LogP contribution >= 0.6 is 11.3 Å². The molecule has 0 aliphatic carbocycles. The Morgan fingerprint density at radius 1 is 1.19 bits per heavy atom. The quantitative estimate of drug-likeness (QED) is 0.570. The predicted molar refractivity (Wildman–Crippen MR) is 101 cm³/mol. The van der Waals surface area contributed by atoms with Crippen LogP contribution in [0.25, 0.3) is 16.3 Å². The number of carbonyl (C=O) groups is 1. The van der Waals surface area contributed by atoms with Crippen molar-refractivity contribution in [3.05, 3.63) is 83.3 Å². The van der Waals surface area contributed by atoms with Gasteiger partial charge in [-0.25, -0.2) is 4.68 Å². The average Bonchev–Trinajstić information content (AvgIpc) is 3.40. The van der Waals surface area contributed by atoms with E-state index in [1.807, 2.05) is 60.8 Å². The molecular formula is C20H17N3O2S. The fraction of sp³-hybridized carbons (Fsp3) is 0.100. The molecule has 3 heterocycles. The Balaban J connectivity index is 1.70. The summed E-state index contributed by atoms with van der Waals surface area (Å²) in [5, 5.41) is 9.57. The first-order chi connectivity index (χ1) is 12.7. The zero-order valence-corrected chi connectivity index (χ0v) is 15.0. The highest BCUT2D eigenvalue weighted by Crippen LogP contribution is 2.26. The van der Waals surface area contributed by atoms with Gasteiger partial charge in [0.05, 0.1) is 23.4 Å². The lowest BCUT2D eigenvalue weighted by molar-refractivity contribution is 0.0940. The number of nitrogens with one attached hydrogen (secondary N) is 1. The molecular weight excluding hydrogens is 346 g/mol. The van der Waals surface area contributed by atoms with Gasteiger partial charge in [-0.15, -0.1) is 11.3 Å². The fourth-order valence-corrected chi connectivity index (χ4v) is 3.40. The van der Waals surface area contributed by atoms with Crippen LogP contribution in [0.3, 0.4) is 0 Å². The highest BCUT2D eigenvalue weighted by atomic mass is 32.1. The molecule has 0 saturated carbocycles. The minimum absolute atomic E-state index is 0.196. The van der Waals surface area contributed by atoms with Crippen LogP contribution in [-0.4, -0.2) is 15.7 Å². The van der Waals surface area contributed by atoms with E-state index in [9.17, 15) is 4.79 Å². The van der Waals surface area contributed by atoms with Gasteiger partial charge in [0, 0.05) is 0 Å². The monoisotopic (exact) mass is 363 g/mol. The molecule has 0 aliphatic heterocycles. The van der Waals surface area contributed by atoms with Gasteiger partial charge in [-0.05, 0) is 54.3 Å². The maximum absolute atomic E-state index is 12.8. The van der Waals surface area contributed by atoms with Gasteiger partial charge < -0.3 is 9.73 Å². The average molecular weight is 363 g/mol. The molecule has 130 valence electrons. The first-order valence-corrected chi connectivity index (χ1v) is 9.10. The number of hydrogen-bond donors (Lipinski definition) is 1. The highest BCUT2D eigenvalue weighted by Gasteiger charge is 2.18. The number of benzene rings is 1. The second kappa shape index (κ2) is 7.01. The lowest BCUT2D eigenvalue weighted by Gasteiger charge is -2.08. The molecule has 0 unspecified atom stereocenters. The number of furan rings is 1. The van der Waals surface area contributed by atoms with Gasteiger partial charge in [-0.3, -0.25) is 4.79 Å². The van der Waals surface area contributed by atoms with Gasteiger partial charge in [0.25, 0.3) is 5.91 Å². The molecule has 6 heteroatoms. The van der Waals surface area contributed by atoms with Crippen LogP contribution in [0, 0.1) is 6.92 Å². The Labute approximate surface area is 154 Å². The van der Waals surface area contributed by atoms with E-state index < -0.39 is 0 Å². The second-order valence-corrected chi connectivity index (χ2v) is 6.85. The van der Waals surface area contributed by atoms with Crippen molar-refractivity contribution in [2.45, 2.75) is 13.5 Å². The van der Waals surface area contributed by atoms with E-state index in [0.29, 0.717) is 18.0 Å². The number of carbonyl (C=O) groups excluding carboxylic acids is 1. The van der Waals surface area contributed by atoms with Crippen molar-refractivity contribution in [2.24, 2.45) is 0 Å². The first kappa shape index (κ1) is 16.4. The summed E-state index contributed by atoms with van der Waals surface area (Å²) in [6.45, 7) is 2.35. The van der Waals surface area contributed by atoms with E-state index in [-0.39, 0.29) is 5.91 Å². The smallest absolute Gasteiger partial charge is 0.270 e. The summed E-state index contributed by atoms with van der Waals surface area (Å²) in [5.74, 6) is 0.511. The van der Waals surface area contributed by atoms with Crippen LogP contribution in [0.2, 0.25) is 0 Å². The third-order valence-electron chi connectivity index (χ3n) is 3.97. The van der Waals surface area contributed by atoms with Gasteiger partial charge in [-0.1, -0.05) is 18.2 Å². The summed E-state index contributed by atoms with van der Waals surface area (Å²) in [4.78, 5) is 13.8. The van der Waals surface area contributed by atoms with E-state index in [2.05, 4.69) is 10.4 Å². The number of nitrogens with zero attached hydrogens (tertiary/aromatic N) is 2. The van der Waals surface area contributed by atoms with Crippen molar-refractivity contribution in [3.63, 3.8) is 0 Å². The summed E-state index contributed by atoms with van der Waals surface area (Å²) in [5.41, 5.74) is 3.24. The Morgan fingerprint density at radius 3 is 2.85 bits per heavy atom. The molecule has 1 N–H and O–H groups in total. The van der Waals surface area contributed by atoms with Gasteiger partial charge >= 0.3 is 0 Å². The van der Waals surface area contributed by atoms with Gasteiger partial charge in [0.15, 0.2) is 0 Å². The van der Waals surface area contributed by atoms with Crippen LogP contribution in [0.1, 0.15) is 21.8 Å². The zero-order chi connectivity index (χ0) is 17.9. The number of rotatable bonds is 5. The summed E-state index contributed by atoms with van der Waals surface area (Å²) < 4.78 is 6.97. The van der Waals surface area contributed by atoms with Crippen LogP contribution in [0.15, 0.2) is 70.7 Å². The zero-order valence-electron chi connectivity index (χ0n) is 14.2. The van der Waals surface area contributed by atoms with Gasteiger partial charge in [0.1, 0.15) is 17.1 Å². The van der Waals surface area contributed by atoms with E-state index in [4.69, 9.17) is 4.42 Å². The van der Waals surface area contributed by atoms with Crippen LogP contribution in [0.5, 0.6) is 0 Å². The van der Waals surface area contributed by atoms with E-state index >= 15 is 0 Å². The molecule has 4 aromatic rings. The Kier molecular flexibility index (Phi) is 4.41. The summed E-state index contributed by atoms with van der Waals surface area (Å²) in [6, 6.07) is 17.4. The molecule has 5 nitrogen and oxygen atoms in total. The number of aromatic nitrogens is 2. The number of amides is 1. The third-order valence-corrected chi connectivity index (χ3v) is 4.86. The maximum atomic E-state index is 12.8. The minimum atomic E-state index is -0.196. The molecule has 0 aliphatic rings. The van der Waals surface area contributed by atoms with E-state index in [0.717, 1.165) is 21.8 Å². The van der Waals surface area contributed by atoms with Gasteiger partial charge in [0.2, 0.25) is 0 Å². The Hall–Kier alpha value is -3.12. The van der Waals surface area contributed by atoms with E-state index in [1.54, 1.807) is 28.3 Å². The molecule has 4 rings (SSSR count).